The molecule has 0 unspecified atom stereocenters. The van der Waals surface area contributed by atoms with E-state index >= 15 is 0 Å². The fourth-order valence-corrected chi connectivity index (χ4v) is 2.88. The maximum atomic E-state index is 11.0. The van der Waals surface area contributed by atoms with Gasteiger partial charge in [0.05, 0.1) is 0 Å². The molecule has 106 valence electrons. The average molecular weight is 290 g/mol. The van der Waals surface area contributed by atoms with Gasteiger partial charge in [0.2, 0.25) is 0 Å². The number of carbonyl (C=O) groups is 1. The van der Waals surface area contributed by atoms with Crippen LogP contribution >= 0.6 is 11.3 Å². The minimum absolute atomic E-state index is 0.359. The number of hydrogen-bond acceptors (Lipinski definition) is 3. The van der Waals surface area contributed by atoms with Crippen molar-refractivity contribution in [2.75, 3.05) is 0 Å². The molecule has 2 rings (SSSR count). The Morgan fingerprint density at radius 2 is 2.05 bits per heavy atom. The van der Waals surface area contributed by atoms with E-state index in [1.165, 1.54) is 16.9 Å². The normalized spacial score (nSPS) is 10.8. The van der Waals surface area contributed by atoms with Gasteiger partial charge in [-0.15, -0.1) is 11.3 Å². The van der Waals surface area contributed by atoms with Crippen molar-refractivity contribution in [3.8, 4) is 5.75 Å². The van der Waals surface area contributed by atoms with Crippen molar-refractivity contribution in [1.29, 1.82) is 0 Å². The molecule has 2 aromatic rings. The summed E-state index contributed by atoms with van der Waals surface area (Å²) in [6.45, 7) is 6.57. The molecular formula is C16H18O3S. The smallest absolute Gasteiger partial charge is 0.345 e. The van der Waals surface area contributed by atoms with Gasteiger partial charge in [0, 0.05) is 10.4 Å². The molecule has 0 aliphatic heterocycles. The minimum Gasteiger partial charge on any atom is -0.489 e. The molecule has 0 saturated heterocycles. The number of carboxylic acid groups (broad SMARTS) is 1. The molecule has 4 heteroatoms. The molecule has 0 aliphatic rings. The van der Waals surface area contributed by atoms with Gasteiger partial charge in [0.25, 0.3) is 0 Å². The Labute approximate surface area is 122 Å². The molecule has 0 aliphatic carbocycles. The first-order valence-electron chi connectivity index (χ1n) is 6.53. The summed E-state index contributed by atoms with van der Waals surface area (Å²) < 4.78 is 5.87. The maximum absolute atomic E-state index is 11.0. The number of thiophene rings is 1. The van der Waals surface area contributed by atoms with Crippen molar-refractivity contribution in [1.82, 2.24) is 0 Å². The molecule has 0 radical (unpaired) electrons. The number of benzene rings is 1. The van der Waals surface area contributed by atoms with Gasteiger partial charge >= 0.3 is 5.97 Å². The largest absolute Gasteiger partial charge is 0.489 e. The van der Waals surface area contributed by atoms with E-state index in [9.17, 15) is 4.79 Å². The van der Waals surface area contributed by atoms with E-state index < -0.39 is 5.97 Å². The van der Waals surface area contributed by atoms with Crippen molar-refractivity contribution < 1.29 is 14.6 Å². The fraction of sp³-hybridized carbons (Fsp3) is 0.312. The molecule has 1 N–H and O–H groups in total. The molecule has 0 saturated carbocycles. The third kappa shape index (κ3) is 3.20. The zero-order valence-electron chi connectivity index (χ0n) is 11.8. The van der Waals surface area contributed by atoms with Crippen LogP contribution < -0.4 is 4.74 Å². The molecule has 1 aromatic carbocycles. The summed E-state index contributed by atoms with van der Waals surface area (Å²) in [6, 6.07) is 9.66. The Morgan fingerprint density at radius 3 is 2.65 bits per heavy atom. The monoisotopic (exact) mass is 290 g/mol. The highest BCUT2D eigenvalue weighted by Crippen LogP contribution is 2.28. The quantitative estimate of drug-likeness (QED) is 0.884. The number of aryl methyl sites for hydroxylation is 1. The summed E-state index contributed by atoms with van der Waals surface area (Å²) in [5.74, 6) is 0.376. The van der Waals surface area contributed by atoms with Crippen molar-refractivity contribution in [3.05, 3.63) is 51.2 Å². The van der Waals surface area contributed by atoms with Gasteiger partial charge in [-0.25, -0.2) is 4.79 Å². The van der Waals surface area contributed by atoms with Gasteiger partial charge < -0.3 is 9.84 Å². The summed E-state index contributed by atoms with van der Waals surface area (Å²) in [5.41, 5.74) is 2.10. The molecular weight excluding hydrogens is 272 g/mol. The SMILES string of the molecule is Cc1sc(C(=O)O)cc1COc1ccccc1C(C)C. The average Bonchev–Trinajstić information content (AvgIpc) is 2.78. The van der Waals surface area contributed by atoms with E-state index in [2.05, 4.69) is 19.9 Å². The van der Waals surface area contributed by atoms with Crippen LogP contribution in [0.4, 0.5) is 0 Å². The van der Waals surface area contributed by atoms with Crippen LogP contribution in [0.2, 0.25) is 0 Å². The Kier molecular flexibility index (Phi) is 4.45. The van der Waals surface area contributed by atoms with E-state index in [0.29, 0.717) is 17.4 Å². The van der Waals surface area contributed by atoms with Gasteiger partial charge in [-0.2, -0.15) is 0 Å². The lowest BCUT2D eigenvalue weighted by atomic mass is 10.0. The molecule has 1 aromatic heterocycles. The van der Waals surface area contributed by atoms with E-state index in [1.54, 1.807) is 6.07 Å². The Morgan fingerprint density at radius 1 is 1.35 bits per heavy atom. The molecule has 1 heterocycles. The van der Waals surface area contributed by atoms with Crippen LogP contribution in [0.1, 0.15) is 45.4 Å². The van der Waals surface area contributed by atoms with E-state index in [0.717, 1.165) is 16.2 Å². The van der Waals surface area contributed by atoms with Crippen LogP contribution in [0.3, 0.4) is 0 Å². The third-order valence-corrected chi connectivity index (χ3v) is 4.24. The molecule has 3 nitrogen and oxygen atoms in total. The molecule has 0 amide bonds. The second kappa shape index (κ2) is 6.09. The van der Waals surface area contributed by atoms with E-state index in [1.807, 2.05) is 25.1 Å². The number of para-hydroxylation sites is 1. The third-order valence-electron chi connectivity index (χ3n) is 3.16. The maximum Gasteiger partial charge on any atom is 0.345 e. The topological polar surface area (TPSA) is 46.5 Å². The number of aromatic carboxylic acids is 1. The summed E-state index contributed by atoms with van der Waals surface area (Å²) in [7, 11) is 0. The van der Waals surface area contributed by atoms with Gasteiger partial charge in [-0.05, 0) is 30.5 Å². The molecule has 0 spiro atoms. The highest BCUT2D eigenvalue weighted by molar-refractivity contribution is 7.14. The second-order valence-electron chi connectivity index (χ2n) is 4.98. The van der Waals surface area contributed by atoms with E-state index in [-0.39, 0.29) is 0 Å². The number of carboxylic acids is 1. The zero-order valence-corrected chi connectivity index (χ0v) is 12.7. The molecule has 0 bridgehead atoms. The van der Waals surface area contributed by atoms with Crippen LogP contribution in [0.25, 0.3) is 0 Å². The summed E-state index contributed by atoms with van der Waals surface area (Å²) >= 11 is 1.29. The Bertz CT molecular complexity index is 614. The van der Waals surface area contributed by atoms with Crippen molar-refractivity contribution >= 4 is 17.3 Å². The minimum atomic E-state index is -0.882. The Hall–Kier alpha value is -1.81. The standard InChI is InChI=1S/C16H18O3S/c1-10(2)13-6-4-5-7-14(13)19-9-12-8-15(16(17)18)20-11(12)3/h4-8,10H,9H2,1-3H3,(H,17,18). The van der Waals surface area contributed by atoms with Crippen molar-refractivity contribution in [3.63, 3.8) is 0 Å². The first kappa shape index (κ1) is 14.6. The van der Waals surface area contributed by atoms with Crippen LogP contribution in [0, 0.1) is 6.92 Å². The van der Waals surface area contributed by atoms with Gasteiger partial charge in [0.1, 0.15) is 17.2 Å². The van der Waals surface area contributed by atoms with Gasteiger partial charge in [-0.1, -0.05) is 32.0 Å². The van der Waals surface area contributed by atoms with Crippen LogP contribution in [0.5, 0.6) is 5.75 Å². The highest BCUT2D eigenvalue weighted by atomic mass is 32.1. The number of rotatable bonds is 5. The second-order valence-corrected chi connectivity index (χ2v) is 6.23. The van der Waals surface area contributed by atoms with E-state index in [4.69, 9.17) is 9.84 Å². The summed E-state index contributed by atoms with van der Waals surface area (Å²) in [5, 5.41) is 8.99. The lowest BCUT2D eigenvalue weighted by Crippen LogP contribution is -2.00. The highest BCUT2D eigenvalue weighted by Gasteiger charge is 2.12. The molecule has 0 fully saturated rings. The van der Waals surface area contributed by atoms with Gasteiger partial charge in [0.15, 0.2) is 0 Å². The molecule has 20 heavy (non-hydrogen) atoms. The predicted molar refractivity (Wildman–Crippen MR) is 80.9 cm³/mol. The number of hydrogen-bond donors (Lipinski definition) is 1. The number of ether oxygens (including phenoxy) is 1. The summed E-state index contributed by atoms with van der Waals surface area (Å²) in [6.07, 6.45) is 0. The lowest BCUT2D eigenvalue weighted by Gasteiger charge is -2.13. The predicted octanol–water partition coefficient (Wildman–Crippen LogP) is 4.46. The lowest BCUT2D eigenvalue weighted by molar-refractivity contribution is 0.0702. The Balaban J connectivity index is 2.15. The first-order valence-corrected chi connectivity index (χ1v) is 7.35. The van der Waals surface area contributed by atoms with Crippen LogP contribution in [-0.4, -0.2) is 11.1 Å². The van der Waals surface area contributed by atoms with Gasteiger partial charge in [-0.3, -0.25) is 0 Å². The fourth-order valence-electron chi connectivity index (χ4n) is 2.01. The summed E-state index contributed by atoms with van der Waals surface area (Å²) in [4.78, 5) is 12.3. The van der Waals surface area contributed by atoms with Crippen molar-refractivity contribution in [2.24, 2.45) is 0 Å². The zero-order chi connectivity index (χ0) is 14.7. The molecule has 0 atom stereocenters. The van der Waals surface area contributed by atoms with Crippen molar-refractivity contribution in [2.45, 2.75) is 33.3 Å². The van der Waals surface area contributed by atoms with Crippen LogP contribution in [-0.2, 0) is 6.61 Å². The van der Waals surface area contributed by atoms with Crippen LogP contribution in [0.15, 0.2) is 30.3 Å². The first-order chi connectivity index (χ1) is 9.49.